The minimum atomic E-state index is -0.391. The van der Waals surface area contributed by atoms with Crippen molar-refractivity contribution < 1.29 is 19.1 Å². The summed E-state index contributed by atoms with van der Waals surface area (Å²) in [6.45, 7) is 0. The first-order valence-electron chi connectivity index (χ1n) is 6.94. The summed E-state index contributed by atoms with van der Waals surface area (Å²) < 4.78 is 9.68. The van der Waals surface area contributed by atoms with Crippen LogP contribution >= 0.6 is 0 Å². The topological polar surface area (TPSA) is 64.6 Å². The van der Waals surface area contributed by atoms with Gasteiger partial charge in [-0.3, -0.25) is 4.79 Å². The summed E-state index contributed by atoms with van der Waals surface area (Å²) >= 11 is 0. The van der Waals surface area contributed by atoms with E-state index in [-0.39, 0.29) is 5.91 Å². The van der Waals surface area contributed by atoms with Gasteiger partial charge in [-0.15, -0.1) is 0 Å². The zero-order valence-corrected chi connectivity index (χ0v) is 12.9. The standard InChI is InChI=1S/C18H17NO4/c1-22-16-10-8-15(9-11-16)19-17(20)12-5-13-3-6-14(7-4-13)18(21)23-2/h3-12H,1-2H3,(H,19,20)/b12-5+. The highest BCUT2D eigenvalue weighted by atomic mass is 16.5. The number of ether oxygens (including phenoxy) is 2. The zero-order chi connectivity index (χ0) is 16.7. The summed E-state index contributed by atoms with van der Waals surface area (Å²) in [5, 5.41) is 2.75. The molecule has 5 heteroatoms. The molecule has 0 saturated heterocycles. The normalized spacial score (nSPS) is 10.3. The fourth-order valence-electron chi connectivity index (χ4n) is 1.88. The quantitative estimate of drug-likeness (QED) is 0.680. The predicted molar refractivity (Wildman–Crippen MR) is 88.4 cm³/mol. The summed E-state index contributed by atoms with van der Waals surface area (Å²) in [5.74, 6) is 0.0919. The first kappa shape index (κ1) is 16.3. The molecule has 1 amide bonds. The van der Waals surface area contributed by atoms with Gasteiger partial charge in [-0.1, -0.05) is 12.1 Å². The van der Waals surface area contributed by atoms with E-state index in [0.717, 1.165) is 11.3 Å². The van der Waals surface area contributed by atoms with Gasteiger partial charge in [-0.2, -0.15) is 0 Å². The predicted octanol–water partition coefficient (Wildman–Crippen LogP) is 3.13. The van der Waals surface area contributed by atoms with Crippen molar-refractivity contribution in [1.82, 2.24) is 0 Å². The average Bonchev–Trinajstić information content (AvgIpc) is 2.60. The maximum atomic E-state index is 11.9. The Kier molecular flexibility index (Phi) is 5.52. The summed E-state index contributed by atoms with van der Waals surface area (Å²) in [5.41, 5.74) is 1.95. The van der Waals surface area contributed by atoms with E-state index in [0.29, 0.717) is 11.3 Å². The van der Waals surface area contributed by atoms with Crippen molar-refractivity contribution in [3.8, 4) is 5.75 Å². The van der Waals surface area contributed by atoms with Gasteiger partial charge in [-0.05, 0) is 48.0 Å². The summed E-state index contributed by atoms with van der Waals surface area (Å²) in [4.78, 5) is 23.2. The molecule has 118 valence electrons. The Balaban J connectivity index is 1.96. The van der Waals surface area contributed by atoms with Gasteiger partial charge >= 0.3 is 5.97 Å². The molecule has 0 fully saturated rings. The van der Waals surface area contributed by atoms with E-state index in [9.17, 15) is 9.59 Å². The minimum Gasteiger partial charge on any atom is -0.497 e. The van der Waals surface area contributed by atoms with E-state index in [2.05, 4.69) is 10.1 Å². The van der Waals surface area contributed by atoms with E-state index >= 15 is 0 Å². The van der Waals surface area contributed by atoms with E-state index in [1.165, 1.54) is 13.2 Å². The Morgan fingerprint density at radius 1 is 0.957 bits per heavy atom. The minimum absolute atomic E-state index is 0.243. The number of hydrogen-bond donors (Lipinski definition) is 1. The molecule has 2 aromatic carbocycles. The molecule has 0 unspecified atom stereocenters. The van der Waals surface area contributed by atoms with Gasteiger partial charge in [0.05, 0.1) is 19.8 Å². The van der Waals surface area contributed by atoms with Crippen LogP contribution in [0.4, 0.5) is 5.69 Å². The second-order valence-electron chi connectivity index (χ2n) is 4.66. The molecule has 0 aliphatic heterocycles. The second kappa shape index (κ2) is 7.79. The van der Waals surface area contributed by atoms with Crippen molar-refractivity contribution in [2.45, 2.75) is 0 Å². The van der Waals surface area contributed by atoms with E-state index in [1.807, 2.05) is 0 Å². The van der Waals surface area contributed by atoms with Crippen molar-refractivity contribution in [2.24, 2.45) is 0 Å². The van der Waals surface area contributed by atoms with Gasteiger partial charge in [-0.25, -0.2) is 4.79 Å². The van der Waals surface area contributed by atoms with Crippen LogP contribution in [0.2, 0.25) is 0 Å². The van der Waals surface area contributed by atoms with Crippen LogP contribution in [0.15, 0.2) is 54.6 Å². The van der Waals surface area contributed by atoms with Crippen molar-refractivity contribution >= 4 is 23.6 Å². The number of hydrogen-bond acceptors (Lipinski definition) is 4. The number of anilines is 1. The Morgan fingerprint density at radius 3 is 2.17 bits per heavy atom. The molecule has 0 bridgehead atoms. The lowest BCUT2D eigenvalue weighted by Gasteiger charge is -2.04. The maximum Gasteiger partial charge on any atom is 0.337 e. The van der Waals surface area contributed by atoms with Gasteiger partial charge < -0.3 is 14.8 Å². The maximum absolute atomic E-state index is 11.9. The molecule has 0 aliphatic carbocycles. The summed E-state index contributed by atoms with van der Waals surface area (Å²) in [7, 11) is 2.92. The monoisotopic (exact) mass is 311 g/mol. The average molecular weight is 311 g/mol. The first-order valence-corrected chi connectivity index (χ1v) is 6.94. The Bertz CT molecular complexity index is 703. The lowest BCUT2D eigenvalue weighted by molar-refractivity contribution is -0.111. The van der Waals surface area contributed by atoms with Crippen LogP contribution in [0, 0.1) is 0 Å². The van der Waals surface area contributed by atoms with Crippen molar-refractivity contribution in [3.63, 3.8) is 0 Å². The molecule has 2 rings (SSSR count). The third-order valence-corrected chi connectivity index (χ3v) is 3.12. The molecule has 0 aliphatic rings. The molecule has 0 saturated carbocycles. The highest BCUT2D eigenvalue weighted by Gasteiger charge is 2.03. The van der Waals surface area contributed by atoms with Crippen LogP contribution in [0.3, 0.4) is 0 Å². The van der Waals surface area contributed by atoms with Crippen LogP contribution < -0.4 is 10.1 Å². The van der Waals surface area contributed by atoms with Crippen LogP contribution in [0.5, 0.6) is 5.75 Å². The largest absolute Gasteiger partial charge is 0.497 e. The number of nitrogens with one attached hydrogen (secondary N) is 1. The van der Waals surface area contributed by atoms with Crippen molar-refractivity contribution in [3.05, 3.63) is 65.7 Å². The Morgan fingerprint density at radius 2 is 1.61 bits per heavy atom. The van der Waals surface area contributed by atoms with Crippen LogP contribution in [0.1, 0.15) is 15.9 Å². The van der Waals surface area contributed by atoms with E-state index < -0.39 is 5.97 Å². The molecule has 0 radical (unpaired) electrons. The fourth-order valence-corrected chi connectivity index (χ4v) is 1.88. The number of carbonyl (C=O) groups is 2. The SMILES string of the molecule is COC(=O)c1ccc(/C=C/C(=O)Nc2ccc(OC)cc2)cc1. The Labute approximate surface area is 134 Å². The number of carbonyl (C=O) groups excluding carboxylic acids is 2. The van der Waals surface area contributed by atoms with Gasteiger partial charge in [0.2, 0.25) is 5.91 Å². The molecule has 0 aromatic heterocycles. The van der Waals surface area contributed by atoms with Crippen LogP contribution in [0.25, 0.3) is 6.08 Å². The molecule has 23 heavy (non-hydrogen) atoms. The molecule has 1 N–H and O–H groups in total. The summed E-state index contributed by atoms with van der Waals surface area (Å²) in [6, 6.07) is 13.8. The molecular weight excluding hydrogens is 294 g/mol. The van der Waals surface area contributed by atoms with Crippen LogP contribution in [-0.2, 0) is 9.53 Å². The Hall–Kier alpha value is -3.08. The fraction of sp³-hybridized carbons (Fsp3) is 0.111. The lowest BCUT2D eigenvalue weighted by Crippen LogP contribution is -2.07. The lowest BCUT2D eigenvalue weighted by atomic mass is 10.1. The zero-order valence-electron chi connectivity index (χ0n) is 12.9. The van der Waals surface area contributed by atoms with Crippen molar-refractivity contribution in [2.75, 3.05) is 19.5 Å². The molecule has 0 spiro atoms. The van der Waals surface area contributed by atoms with Crippen molar-refractivity contribution in [1.29, 1.82) is 0 Å². The number of esters is 1. The number of rotatable bonds is 5. The smallest absolute Gasteiger partial charge is 0.337 e. The number of benzene rings is 2. The van der Waals surface area contributed by atoms with Gasteiger partial charge in [0.15, 0.2) is 0 Å². The van der Waals surface area contributed by atoms with Gasteiger partial charge in [0.1, 0.15) is 5.75 Å². The third kappa shape index (κ3) is 4.71. The molecule has 5 nitrogen and oxygen atoms in total. The van der Waals surface area contributed by atoms with E-state index in [4.69, 9.17) is 4.74 Å². The number of methoxy groups -OCH3 is 2. The molecule has 2 aromatic rings. The molecule has 0 heterocycles. The first-order chi connectivity index (χ1) is 11.1. The highest BCUT2D eigenvalue weighted by Crippen LogP contribution is 2.15. The van der Waals surface area contributed by atoms with E-state index in [1.54, 1.807) is 61.7 Å². The number of amides is 1. The van der Waals surface area contributed by atoms with Gasteiger partial charge in [0, 0.05) is 11.8 Å². The highest BCUT2D eigenvalue weighted by molar-refractivity contribution is 6.02. The second-order valence-corrected chi connectivity index (χ2v) is 4.66. The molecular formula is C18H17NO4. The third-order valence-electron chi connectivity index (χ3n) is 3.12. The molecule has 0 atom stereocenters. The van der Waals surface area contributed by atoms with Gasteiger partial charge in [0.25, 0.3) is 0 Å². The van der Waals surface area contributed by atoms with Crippen LogP contribution in [-0.4, -0.2) is 26.1 Å². The summed E-state index contributed by atoms with van der Waals surface area (Å²) in [6.07, 6.45) is 3.09.